The van der Waals surface area contributed by atoms with Crippen molar-refractivity contribution >= 4 is 12.0 Å². The third-order valence-electron chi connectivity index (χ3n) is 3.76. The molecule has 1 aromatic rings. The molecule has 1 fully saturated rings. The summed E-state index contributed by atoms with van der Waals surface area (Å²) >= 11 is 0. The van der Waals surface area contributed by atoms with Gasteiger partial charge in [0.1, 0.15) is 11.8 Å². The third-order valence-corrected chi connectivity index (χ3v) is 3.76. The molecule has 0 saturated carbocycles. The molecule has 0 aromatic carbocycles. The molecular weight excluding hydrogens is 274 g/mol. The Balaban J connectivity index is 1.98. The van der Waals surface area contributed by atoms with Gasteiger partial charge in [0.25, 0.3) is 0 Å². The summed E-state index contributed by atoms with van der Waals surface area (Å²) in [5, 5.41) is 11.9. The van der Waals surface area contributed by atoms with Gasteiger partial charge in [-0.25, -0.2) is 14.6 Å². The Hall–Kier alpha value is -2.05. The number of oxazole rings is 1. The van der Waals surface area contributed by atoms with Crippen molar-refractivity contribution < 1.29 is 19.1 Å². The molecule has 1 aliphatic heterocycles. The fraction of sp³-hybridized carbons (Fsp3) is 0.643. The van der Waals surface area contributed by atoms with Crippen LogP contribution in [0.5, 0.6) is 0 Å². The zero-order valence-corrected chi connectivity index (χ0v) is 12.4. The van der Waals surface area contributed by atoms with Crippen LogP contribution in [0.4, 0.5) is 4.79 Å². The number of nitrogens with zero attached hydrogens (tertiary/aromatic N) is 2. The number of aliphatic carboxylic acids is 1. The van der Waals surface area contributed by atoms with E-state index in [4.69, 9.17) is 4.42 Å². The second-order valence-electron chi connectivity index (χ2n) is 5.30. The number of nitrogens with one attached hydrogen (secondary N) is 1. The predicted octanol–water partition coefficient (Wildman–Crippen LogP) is 1.83. The van der Waals surface area contributed by atoms with E-state index in [0.717, 1.165) is 30.7 Å². The summed E-state index contributed by atoms with van der Waals surface area (Å²) in [5.74, 6) is 0.201. The van der Waals surface area contributed by atoms with Crippen molar-refractivity contribution in [2.45, 2.75) is 52.1 Å². The summed E-state index contributed by atoms with van der Waals surface area (Å²) < 4.78 is 5.39. The first-order valence-corrected chi connectivity index (χ1v) is 7.19. The number of likely N-dealkylation sites (tertiary alicyclic amines) is 1. The average Bonchev–Trinajstić information content (AvgIpc) is 2.67. The summed E-state index contributed by atoms with van der Waals surface area (Å²) in [7, 11) is 0. The van der Waals surface area contributed by atoms with Gasteiger partial charge < -0.3 is 19.7 Å². The fourth-order valence-corrected chi connectivity index (χ4v) is 2.48. The standard InChI is InChI=1S/C14H21N3O4/c1-9-10(2)21-12(16-9)8-15-14(20)17-7-5-3-4-6-11(17)13(18)19/h11H,3-8H2,1-2H3,(H,15,20)(H,18,19). The molecule has 0 radical (unpaired) electrons. The van der Waals surface area contributed by atoms with Gasteiger partial charge in [0.15, 0.2) is 0 Å². The van der Waals surface area contributed by atoms with Crippen molar-refractivity contribution in [1.29, 1.82) is 0 Å². The molecule has 2 amide bonds. The second kappa shape index (κ2) is 6.60. The quantitative estimate of drug-likeness (QED) is 0.887. The molecule has 1 saturated heterocycles. The van der Waals surface area contributed by atoms with E-state index in [9.17, 15) is 14.7 Å². The van der Waals surface area contributed by atoms with Gasteiger partial charge in [-0.3, -0.25) is 0 Å². The molecular formula is C14H21N3O4. The van der Waals surface area contributed by atoms with E-state index in [1.807, 2.05) is 13.8 Å². The molecule has 2 N–H and O–H groups in total. The van der Waals surface area contributed by atoms with Crippen LogP contribution in [0.25, 0.3) is 0 Å². The van der Waals surface area contributed by atoms with Gasteiger partial charge in [0.05, 0.1) is 12.2 Å². The van der Waals surface area contributed by atoms with Crippen LogP contribution in [0, 0.1) is 13.8 Å². The smallest absolute Gasteiger partial charge is 0.326 e. The first kappa shape index (κ1) is 15.3. The molecule has 7 heteroatoms. The van der Waals surface area contributed by atoms with E-state index in [2.05, 4.69) is 10.3 Å². The summed E-state index contributed by atoms with van der Waals surface area (Å²) in [5.41, 5.74) is 0.789. The fourth-order valence-electron chi connectivity index (χ4n) is 2.48. The number of carboxylic acid groups (broad SMARTS) is 1. The maximum atomic E-state index is 12.2. The number of carbonyl (C=O) groups excluding carboxylic acids is 1. The summed E-state index contributed by atoms with van der Waals surface area (Å²) in [4.78, 5) is 29.1. The zero-order chi connectivity index (χ0) is 15.4. The molecule has 2 heterocycles. The number of amides is 2. The molecule has 1 aliphatic rings. The van der Waals surface area contributed by atoms with Crippen LogP contribution < -0.4 is 5.32 Å². The van der Waals surface area contributed by atoms with E-state index in [0.29, 0.717) is 18.9 Å². The second-order valence-corrected chi connectivity index (χ2v) is 5.30. The maximum Gasteiger partial charge on any atom is 0.326 e. The molecule has 1 unspecified atom stereocenters. The Kier molecular flexibility index (Phi) is 4.82. The van der Waals surface area contributed by atoms with Gasteiger partial charge in [-0.05, 0) is 26.7 Å². The lowest BCUT2D eigenvalue weighted by Gasteiger charge is -2.26. The lowest BCUT2D eigenvalue weighted by Crippen LogP contribution is -2.49. The van der Waals surface area contributed by atoms with Crippen LogP contribution in [-0.4, -0.2) is 39.6 Å². The van der Waals surface area contributed by atoms with Gasteiger partial charge in [0, 0.05) is 6.54 Å². The lowest BCUT2D eigenvalue weighted by atomic mass is 10.1. The van der Waals surface area contributed by atoms with Crippen LogP contribution in [-0.2, 0) is 11.3 Å². The SMILES string of the molecule is Cc1nc(CNC(=O)N2CCCCCC2C(=O)O)oc1C. The van der Waals surface area contributed by atoms with Crippen molar-refractivity contribution in [3.63, 3.8) is 0 Å². The lowest BCUT2D eigenvalue weighted by molar-refractivity contribution is -0.142. The Morgan fingerprint density at radius 3 is 2.76 bits per heavy atom. The Labute approximate surface area is 123 Å². The minimum Gasteiger partial charge on any atom is -0.480 e. The number of carboxylic acids is 1. The Morgan fingerprint density at radius 1 is 1.38 bits per heavy atom. The van der Waals surface area contributed by atoms with Crippen molar-refractivity contribution in [2.75, 3.05) is 6.54 Å². The highest BCUT2D eigenvalue weighted by molar-refractivity contribution is 5.82. The van der Waals surface area contributed by atoms with Crippen molar-refractivity contribution in [3.05, 3.63) is 17.3 Å². The highest BCUT2D eigenvalue weighted by atomic mass is 16.4. The molecule has 0 bridgehead atoms. The number of carbonyl (C=O) groups is 2. The van der Waals surface area contributed by atoms with E-state index >= 15 is 0 Å². The minimum atomic E-state index is -0.949. The van der Waals surface area contributed by atoms with Crippen LogP contribution in [0.15, 0.2) is 4.42 Å². The minimum absolute atomic E-state index is 0.163. The van der Waals surface area contributed by atoms with Crippen molar-refractivity contribution in [3.8, 4) is 0 Å². The van der Waals surface area contributed by atoms with E-state index in [1.165, 1.54) is 4.90 Å². The number of urea groups is 1. The highest BCUT2D eigenvalue weighted by Crippen LogP contribution is 2.17. The normalized spacial score (nSPS) is 19.1. The van der Waals surface area contributed by atoms with Gasteiger partial charge in [-0.2, -0.15) is 0 Å². The van der Waals surface area contributed by atoms with Crippen molar-refractivity contribution in [2.24, 2.45) is 0 Å². The summed E-state index contributed by atoms with van der Waals surface area (Å²) in [6.45, 7) is 4.27. The average molecular weight is 295 g/mol. The molecule has 2 rings (SSSR count). The Morgan fingerprint density at radius 2 is 2.14 bits per heavy atom. The van der Waals surface area contributed by atoms with Gasteiger partial charge in [-0.1, -0.05) is 12.8 Å². The van der Waals surface area contributed by atoms with E-state index < -0.39 is 12.0 Å². The first-order chi connectivity index (χ1) is 9.99. The Bertz CT molecular complexity index is 507. The topological polar surface area (TPSA) is 95.7 Å². The monoisotopic (exact) mass is 295 g/mol. The number of rotatable bonds is 3. The third kappa shape index (κ3) is 3.74. The number of hydrogen-bond acceptors (Lipinski definition) is 4. The summed E-state index contributed by atoms with van der Waals surface area (Å²) in [6, 6.07) is -1.13. The molecule has 0 spiro atoms. The van der Waals surface area contributed by atoms with Gasteiger partial charge >= 0.3 is 12.0 Å². The molecule has 0 aliphatic carbocycles. The first-order valence-electron chi connectivity index (χ1n) is 7.19. The molecule has 21 heavy (non-hydrogen) atoms. The zero-order valence-electron chi connectivity index (χ0n) is 12.4. The largest absolute Gasteiger partial charge is 0.480 e. The molecule has 1 atom stereocenters. The maximum absolute atomic E-state index is 12.2. The van der Waals surface area contributed by atoms with Crippen LogP contribution in [0.1, 0.15) is 43.0 Å². The van der Waals surface area contributed by atoms with E-state index in [1.54, 1.807) is 0 Å². The number of hydrogen-bond donors (Lipinski definition) is 2. The number of aromatic nitrogens is 1. The summed E-state index contributed by atoms with van der Waals surface area (Å²) in [6.07, 6.45) is 3.11. The van der Waals surface area contributed by atoms with Crippen LogP contribution in [0.2, 0.25) is 0 Å². The highest BCUT2D eigenvalue weighted by Gasteiger charge is 2.30. The van der Waals surface area contributed by atoms with Crippen molar-refractivity contribution in [1.82, 2.24) is 15.2 Å². The molecule has 7 nitrogen and oxygen atoms in total. The van der Waals surface area contributed by atoms with Crippen LogP contribution in [0.3, 0.4) is 0 Å². The molecule has 116 valence electrons. The predicted molar refractivity (Wildman–Crippen MR) is 74.8 cm³/mol. The molecule has 1 aromatic heterocycles. The number of aryl methyl sites for hydroxylation is 2. The van der Waals surface area contributed by atoms with E-state index in [-0.39, 0.29) is 12.6 Å². The van der Waals surface area contributed by atoms with Gasteiger partial charge in [-0.15, -0.1) is 0 Å². The van der Waals surface area contributed by atoms with Gasteiger partial charge in [0.2, 0.25) is 5.89 Å². The van der Waals surface area contributed by atoms with Crippen LogP contribution >= 0.6 is 0 Å².